The maximum absolute atomic E-state index is 10.7. The Balaban J connectivity index is 0.000000437. The molecular formula is C8H13BF4N2O2. The second-order valence-corrected chi connectivity index (χ2v) is 3.23. The van der Waals surface area contributed by atoms with E-state index < -0.39 is 13.2 Å². The fourth-order valence-electron chi connectivity index (χ4n) is 1.22. The highest BCUT2D eigenvalue weighted by Crippen LogP contribution is 2.06. The van der Waals surface area contributed by atoms with E-state index in [-0.39, 0.29) is 0 Å². The van der Waals surface area contributed by atoms with Crippen molar-refractivity contribution in [3.63, 3.8) is 0 Å². The molecule has 0 amide bonds. The maximum Gasteiger partial charge on any atom is 0.673 e. The number of carboxylic acids is 1. The van der Waals surface area contributed by atoms with Gasteiger partial charge in [-0.1, -0.05) is 6.92 Å². The molecule has 0 atom stereocenters. The number of aromatic carboxylic acids is 1. The van der Waals surface area contributed by atoms with Gasteiger partial charge in [0.15, 0.2) is 0 Å². The molecule has 0 unspecified atom stereocenters. The van der Waals surface area contributed by atoms with Gasteiger partial charge in [0.1, 0.15) is 12.4 Å². The van der Waals surface area contributed by atoms with E-state index in [1.807, 2.05) is 6.92 Å². The standard InChI is InChI=1S/C8H12N2O2.BF4/c1-3-4-10-6-5-9(2)7(10)8(11)12;2-1(3,4)5/h5-6H,3-4H2,1-2H3;/q;-1/p+1. The average molecular weight is 256 g/mol. The Kier molecular flexibility index (Phi) is 5.70. The molecule has 0 radical (unpaired) electrons. The van der Waals surface area contributed by atoms with Gasteiger partial charge in [-0.15, -0.1) is 0 Å². The Hall–Kier alpha value is -1.54. The molecule has 1 rings (SSSR count). The van der Waals surface area contributed by atoms with Gasteiger partial charge in [0.05, 0.1) is 13.6 Å². The quantitative estimate of drug-likeness (QED) is 0.508. The first kappa shape index (κ1) is 15.5. The SMILES string of the molecule is CCCn1cc[n+](C)c1C(=O)O.F[B-](F)(F)F. The summed E-state index contributed by atoms with van der Waals surface area (Å²) < 4.78 is 42.3. The van der Waals surface area contributed by atoms with Crippen LogP contribution in [-0.2, 0) is 13.6 Å². The fraction of sp³-hybridized carbons (Fsp3) is 0.500. The molecule has 0 bridgehead atoms. The van der Waals surface area contributed by atoms with Crippen LogP contribution in [0.3, 0.4) is 0 Å². The van der Waals surface area contributed by atoms with Crippen molar-refractivity contribution >= 4 is 13.2 Å². The third-order valence-electron chi connectivity index (χ3n) is 1.73. The number of carbonyl (C=O) groups is 1. The van der Waals surface area contributed by atoms with Crippen LogP contribution in [0.1, 0.15) is 24.0 Å². The number of halogens is 4. The predicted octanol–water partition coefficient (Wildman–Crippen LogP) is 1.72. The van der Waals surface area contributed by atoms with E-state index >= 15 is 0 Å². The lowest BCUT2D eigenvalue weighted by molar-refractivity contribution is -0.673. The van der Waals surface area contributed by atoms with Crippen LogP contribution < -0.4 is 4.57 Å². The normalized spacial score (nSPS) is 10.7. The highest BCUT2D eigenvalue weighted by molar-refractivity contribution is 6.50. The molecule has 0 aliphatic carbocycles. The van der Waals surface area contributed by atoms with Crippen LogP contribution in [0, 0.1) is 0 Å². The molecule has 0 aliphatic heterocycles. The largest absolute Gasteiger partial charge is 0.673 e. The third-order valence-corrected chi connectivity index (χ3v) is 1.73. The number of carboxylic acid groups (broad SMARTS) is 1. The van der Waals surface area contributed by atoms with Crippen molar-refractivity contribution in [2.45, 2.75) is 19.9 Å². The fourth-order valence-corrected chi connectivity index (χ4v) is 1.22. The van der Waals surface area contributed by atoms with Crippen LogP contribution in [0.5, 0.6) is 0 Å². The average Bonchev–Trinajstić information content (AvgIpc) is 2.44. The zero-order chi connectivity index (χ0) is 13.6. The van der Waals surface area contributed by atoms with Gasteiger partial charge >= 0.3 is 19.0 Å². The number of aryl methyl sites for hydroxylation is 2. The monoisotopic (exact) mass is 256 g/mol. The Morgan fingerprint density at radius 3 is 2.29 bits per heavy atom. The van der Waals surface area contributed by atoms with Gasteiger partial charge in [-0.25, -0.2) is 13.9 Å². The van der Waals surface area contributed by atoms with Gasteiger partial charge in [-0.2, -0.15) is 0 Å². The summed E-state index contributed by atoms with van der Waals surface area (Å²) in [7, 11) is -4.27. The second-order valence-electron chi connectivity index (χ2n) is 3.23. The zero-order valence-electron chi connectivity index (χ0n) is 9.41. The molecule has 0 aromatic carbocycles. The number of hydrogen-bond acceptors (Lipinski definition) is 1. The van der Waals surface area contributed by atoms with Gasteiger partial charge in [0, 0.05) is 0 Å². The summed E-state index contributed by atoms with van der Waals surface area (Å²) in [4.78, 5) is 10.7. The lowest BCUT2D eigenvalue weighted by Crippen LogP contribution is -2.35. The van der Waals surface area contributed by atoms with Crippen LogP contribution >= 0.6 is 0 Å². The molecule has 9 heteroatoms. The molecule has 0 aliphatic rings. The molecule has 17 heavy (non-hydrogen) atoms. The Morgan fingerprint density at radius 2 is 1.94 bits per heavy atom. The predicted molar refractivity (Wildman–Crippen MR) is 53.0 cm³/mol. The summed E-state index contributed by atoms with van der Waals surface area (Å²) >= 11 is 0. The number of hydrogen-bond donors (Lipinski definition) is 1. The molecule has 1 aromatic rings. The first-order chi connectivity index (χ1) is 7.66. The number of imidazole rings is 1. The topological polar surface area (TPSA) is 46.1 Å². The Bertz CT molecular complexity index is 372. The van der Waals surface area contributed by atoms with Crippen LogP contribution in [0.4, 0.5) is 17.3 Å². The highest BCUT2D eigenvalue weighted by atomic mass is 19.5. The summed E-state index contributed by atoms with van der Waals surface area (Å²) in [6.45, 7) is 2.77. The number of nitrogens with zero attached hydrogens (tertiary/aromatic N) is 2. The van der Waals surface area contributed by atoms with Crippen LogP contribution in [-0.4, -0.2) is 22.9 Å². The van der Waals surface area contributed by atoms with Crippen molar-refractivity contribution in [3.8, 4) is 0 Å². The van der Waals surface area contributed by atoms with Gasteiger partial charge in [-0.05, 0) is 6.42 Å². The van der Waals surface area contributed by atoms with E-state index in [0.717, 1.165) is 13.0 Å². The first-order valence-electron chi connectivity index (χ1n) is 4.82. The Morgan fingerprint density at radius 1 is 1.47 bits per heavy atom. The molecular weight excluding hydrogens is 243 g/mol. The summed E-state index contributed by atoms with van der Waals surface area (Å²) in [6, 6.07) is 0. The van der Waals surface area contributed by atoms with Crippen LogP contribution in [0.15, 0.2) is 12.4 Å². The van der Waals surface area contributed by atoms with Crippen molar-refractivity contribution < 1.29 is 31.7 Å². The summed E-state index contributed by atoms with van der Waals surface area (Å²) in [5.74, 6) is -0.548. The summed E-state index contributed by atoms with van der Waals surface area (Å²) in [5.41, 5.74) is 0. The van der Waals surface area contributed by atoms with E-state index in [1.165, 1.54) is 0 Å². The molecule has 98 valence electrons. The van der Waals surface area contributed by atoms with E-state index in [1.54, 1.807) is 28.6 Å². The van der Waals surface area contributed by atoms with Crippen LogP contribution in [0.2, 0.25) is 0 Å². The molecule has 0 fully saturated rings. The van der Waals surface area contributed by atoms with E-state index in [4.69, 9.17) is 5.11 Å². The van der Waals surface area contributed by atoms with Crippen molar-refractivity contribution in [2.24, 2.45) is 7.05 Å². The van der Waals surface area contributed by atoms with E-state index in [9.17, 15) is 22.1 Å². The van der Waals surface area contributed by atoms with Crippen molar-refractivity contribution in [3.05, 3.63) is 18.2 Å². The highest BCUT2D eigenvalue weighted by Gasteiger charge is 2.21. The lowest BCUT2D eigenvalue weighted by Gasteiger charge is -1.95. The van der Waals surface area contributed by atoms with Crippen molar-refractivity contribution in [2.75, 3.05) is 0 Å². The van der Waals surface area contributed by atoms with Gasteiger partial charge in [0.25, 0.3) is 0 Å². The van der Waals surface area contributed by atoms with Crippen LogP contribution in [0.25, 0.3) is 0 Å². The lowest BCUT2D eigenvalue weighted by atomic mass is 10.3. The van der Waals surface area contributed by atoms with Gasteiger partial charge in [0.2, 0.25) is 0 Å². The summed E-state index contributed by atoms with van der Waals surface area (Å²) in [5, 5.41) is 8.82. The molecule has 0 spiro atoms. The molecule has 4 nitrogen and oxygen atoms in total. The minimum atomic E-state index is -6.00. The minimum absolute atomic E-state index is 0.330. The molecule has 0 saturated heterocycles. The molecule has 1 aromatic heterocycles. The number of aromatic nitrogens is 2. The van der Waals surface area contributed by atoms with Crippen molar-refractivity contribution in [1.82, 2.24) is 4.57 Å². The second kappa shape index (κ2) is 6.26. The molecule has 0 saturated carbocycles. The number of rotatable bonds is 3. The van der Waals surface area contributed by atoms with Gasteiger partial charge in [-0.3, -0.25) is 0 Å². The molecule has 1 N–H and O–H groups in total. The zero-order valence-corrected chi connectivity index (χ0v) is 9.41. The maximum atomic E-state index is 10.7. The first-order valence-corrected chi connectivity index (χ1v) is 4.82. The summed E-state index contributed by atoms with van der Waals surface area (Å²) in [6.07, 6.45) is 4.47. The van der Waals surface area contributed by atoms with Gasteiger partial charge < -0.3 is 22.4 Å². The Labute approximate surface area is 95.6 Å². The molecule has 1 heterocycles. The minimum Gasteiger partial charge on any atom is -0.472 e. The third kappa shape index (κ3) is 6.59. The smallest absolute Gasteiger partial charge is 0.472 e. The van der Waals surface area contributed by atoms with Crippen molar-refractivity contribution in [1.29, 1.82) is 0 Å². The van der Waals surface area contributed by atoms with E-state index in [2.05, 4.69) is 0 Å². The van der Waals surface area contributed by atoms with E-state index in [0.29, 0.717) is 5.82 Å².